The topological polar surface area (TPSA) is 71.1 Å². The standard InChI is InChI=1S/C12H10Br2FN3O2S/c1-16-12-11(4-7(13)6-17-12)21(19,20)18-8-2-3-10(15)9(14)5-8/h2-6,18H,1H3,(H,16,17). The van der Waals surface area contributed by atoms with Gasteiger partial charge in [0, 0.05) is 17.7 Å². The van der Waals surface area contributed by atoms with Crippen molar-refractivity contribution in [1.82, 2.24) is 4.98 Å². The molecule has 2 N–H and O–H groups in total. The fourth-order valence-electron chi connectivity index (χ4n) is 1.58. The van der Waals surface area contributed by atoms with E-state index in [0.717, 1.165) is 0 Å². The van der Waals surface area contributed by atoms with Crippen molar-refractivity contribution >= 4 is 53.4 Å². The number of aromatic nitrogens is 1. The van der Waals surface area contributed by atoms with Gasteiger partial charge in [-0.25, -0.2) is 17.8 Å². The molecule has 9 heteroatoms. The minimum atomic E-state index is -3.86. The lowest BCUT2D eigenvalue weighted by Gasteiger charge is -2.12. The first kappa shape index (κ1) is 16.2. The van der Waals surface area contributed by atoms with Gasteiger partial charge < -0.3 is 5.32 Å². The second-order valence-electron chi connectivity index (χ2n) is 3.98. The Labute approximate surface area is 138 Å². The summed E-state index contributed by atoms with van der Waals surface area (Å²) in [7, 11) is -2.28. The van der Waals surface area contributed by atoms with E-state index in [1.165, 1.54) is 30.5 Å². The van der Waals surface area contributed by atoms with E-state index in [4.69, 9.17) is 0 Å². The van der Waals surface area contributed by atoms with Crippen LogP contribution in [0.1, 0.15) is 0 Å². The average Bonchev–Trinajstić information content (AvgIpc) is 2.42. The van der Waals surface area contributed by atoms with Crippen LogP contribution in [0.5, 0.6) is 0 Å². The Morgan fingerprint density at radius 2 is 1.95 bits per heavy atom. The van der Waals surface area contributed by atoms with Crippen LogP contribution in [0.3, 0.4) is 0 Å². The Morgan fingerprint density at radius 1 is 1.24 bits per heavy atom. The Balaban J connectivity index is 2.42. The first-order valence-corrected chi connectivity index (χ1v) is 8.71. The highest BCUT2D eigenvalue weighted by molar-refractivity contribution is 9.10. The van der Waals surface area contributed by atoms with E-state index in [9.17, 15) is 12.8 Å². The fraction of sp³-hybridized carbons (Fsp3) is 0.0833. The maximum atomic E-state index is 13.2. The zero-order valence-electron chi connectivity index (χ0n) is 10.7. The van der Waals surface area contributed by atoms with Crippen molar-refractivity contribution < 1.29 is 12.8 Å². The summed E-state index contributed by atoms with van der Waals surface area (Å²) in [5.41, 5.74) is 0.241. The van der Waals surface area contributed by atoms with Crippen molar-refractivity contribution in [1.29, 1.82) is 0 Å². The Bertz CT molecular complexity index is 784. The Kier molecular flexibility index (Phi) is 4.84. The third-order valence-electron chi connectivity index (χ3n) is 2.52. The van der Waals surface area contributed by atoms with Crippen LogP contribution in [-0.2, 0) is 10.0 Å². The number of pyridine rings is 1. The normalized spacial score (nSPS) is 11.2. The molecule has 2 aromatic rings. The zero-order chi connectivity index (χ0) is 15.6. The van der Waals surface area contributed by atoms with Crippen molar-refractivity contribution in [2.75, 3.05) is 17.1 Å². The first-order valence-electron chi connectivity index (χ1n) is 5.64. The number of halogens is 3. The Morgan fingerprint density at radius 3 is 2.57 bits per heavy atom. The number of nitrogens with one attached hydrogen (secondary N) is 2. The quantitative estimate of drug-likeness (QED) is 0.765. The molecular weight excluding hydrogens is 429 g/mol. The van der Waals surface area contributed by atoms with Gasteiger partial charge in [0.05, 0.1) is 10.2 Å². The second kappa shape index (κ2) is 6.29. The van der Waals surface area contributed by atoms with E-state index in [1.54, 1.807) is 7.05 Å². The lowest BCUT2D eigenvalue weighted by Crippen LogP contribution is -2.15. The molecule has 0 atom stereocenters. The lowest BCUT2D eigenvalue weighted by atomic mass is 10.3. The number of sulfonamides is 1. The minimum absolute atomic E-state index is 0.0141. The molecule has 0 bridgehead atoms. The molecule has 0 saturated carbocycles. The lowest BCUT2D eigenvalue weighted by molar-refractivity contribution is 0.600. The van der Waals surface area contributed by atoms with Gasteiger partial charge in [0.25, 0.3) is 10.0 Å². The molecule has 5 nitrogen and oxygen atoms in total. The predicted molar refractivity (Wildman–Crippen MR) is 86.4 cm³/mol. The number of hydrogen-bond acceptors (Lipinski definition) is 4. The molecule has 0 radical (unpaired) electrons. The molecule has 0 unspecified atom stereocenters. The van der Waals surface area contributed by atoms with Crippen molar-refractivity contribution in [3.63, 3.8) is 0 Å². The van der Waals surface area contributed by atoms with E-state index in [2.05, 4.69) is 46.9 Å². The summed E-state index contributed by atoms with van der Waals surface area (Å²) in [5.74, 6) is -0.259. The molecule has 0 amide bonds. The summed E-state index contributed by atoms with van der Waals surface area (Å²) in [5, 5.41) is 2.71. The molecule has 0 aliphatic rings. The van der Waals surface area contributed by atoms with Gasteiger partial charge >= 0.3 is 0 Å². The van der Waals surface area contributed by atoms with E-state index < -0.39 is 15.8 Å². The smallest absolute Gasteiger partial charge is 0.265 e. The first-order chi connectivity index (χ1) is 9.83. The summed E-state index contributed by atoms with van der Waals surface area (Å²) in [6.07, 6.45) is 1.49. The number of hydrogen-bond donors (Lipinski definition) is 2. The zero-order valence-corrected chi connectivity index (χ0v) is 14.7. The van der Waals surface area contributed by atoms with Crippen LogP contribution >= 0.6 is 31.9 Å². The summed E-state index contributed by atoms with van der Waals surface area (Å²) < 4.78 is 41.1. The van der Waals surface area contributed by atoms with Crippen LogP contribution < -0.4 is 10.0 Å². The monoisotopic (exact) mass is 437 g/mol. The van der Waals surface area contributed by atoms with Gasteiger partial charge in [0.2, 0.25) is 0 Å². The molecule has 0 fully saturated rings. The van der Waals surface area contributed by atoms with Crippen molar-refractivity contribution in [3.8, 4) is 0 Å². The third-order valence-corrected chi connectivity index (χ3v) is 4.95. The van der Waals surface area contributed by atoms with Gasteiger partial charge in [-0.2, -0.15) is 0 Å². The van der Waals surface area contributed by atoms with Gasteiger partial charge in [-0.15, -0.1) is 0 Å². The highest BCUT2D eigenvalue weighted by atomic mass is 79.9. The Hall–Kier alpha value is -1.19. The molecule has 21 heavy (non-hydrogen) atoms. The maximum Gasteiger partial charge on any atom is 0.265 e. The number of anilines is 2. The van der Waals surface area contributed by atoms with E-state index in [-0.39, 0.29) is 20.9 Å². The molecule has 1 heterocycles. The van der Waals surface area contributed by atoms with Crippen molar-refractivity contribution in [3.05, 3.63) is 45.2 Å². The molecule has 112 valence electrons. The van der Waals surface area contributed by atoms with Crippen LogP contribution in [0.4, 0.5) is 15.9 Å². The highest BCUT2D eigenvalue weighted by Crippen LogP contribution is 2.26. The van der Waals surface area contributed by atoms with Gasteiger partial charge in [-0.05, 0) is 56.1 Å². The highest BCUT2D eigenvalue weighted by Gasteiger charge is 2.20. The van der Waals surface area contributed by atoms with Crippen molar-refractivity contribution in [2.45, 2.75) is 4.90 Å². The molecule has 1 aromatic heterocycles. The van der Waals surface area contributed by atoms with Gasteiger partial charge in [0.1, 0.15) is 16.5 Å². The predicted octanol–water partition coefficient (Wildman–Crippen LogP) is 3.59. The molecule has 0 saturated heterocycles. The maximum absolute atomic E-state index is 13.2. The average molecular weight is 439 g/mol. The number of nitrogens with zero attached hydrogens (tertiary/aromatic N) is 1. The molecule has 1 aromatic carbocycles. The van der Waals surface area contributed by atoms with Crippen LogP contribution in [0.25, 0.3) is 0 Å². The molecular formula is C12H10Br2FN3O2S. The second-order valence-corrected chi connectivity index (χ2v) is 7.41. The summed E-state index contributed by atoms with van der Waals surface area (Å²) in [6, 6.07) is 5.28. The molecule has 0 aliphatic carbocycles. The van der Waals surface area contributed by atoms with Gasteiger partial charge in [-0.1, -0.05) is 0 Å². The van der Waals surface area contributed by atoms with Gasteiger partial charge in [0.15, 0.2) is 0 Å². The van der Waals surface area contributed by atoms with E-state index in [0.29, 0.717) is 4.47 Å². The molecule has 0 spiro atoms. The summed E-state index contributed by atoms with van der Waals surface area (Å²) in [6.45, 7) is 0. The van der Waals surface area contributed by atoms with Crippen LogP contribution in [0.15, 0.2) is 44.3 Å². The van der Waals surface area contributed by atoms with Crippen molar-refractivity contribution in [2.24, 2.45) is 0 Å². The summed E-state index contributed by atoms with van der Waals surface area (Å²) >= 11 is 6.19. The van der Waals surface area contributed by atoms with Crippen LogP contribution in [0, 0.1) is 5.82 Å². The van der Waals surface area contributed by atoms with Gasteiger partial charge in [-0.3, -0.25) is 4.72 Å². The molecule has 2 rings (SSSR count). The third kappa shape index (κ3) is 3.72. The minimum Gasteiger partial charge on any atom is -0.372 e. The number of benzene rings is 1. The molecule has 0 aliphatic heterocycles. The number of rotatable bonds is 4. The SMILES string of the molecule is CNc1ncc(Br)cc1S(=O)(=O)Nc1ccc(F)c(Br)c1. The largest absolute Gasteiger partial charge is 0.372 e. The summed E-state index contributed by atoms with van der Waals surface area (Å²) in [4.78, 5) is 3.98. The van der Waals surface area contributed by atoms with E-state index in [1.807, 2.05) is 0 Å². The fourth-order valence-corrected chi connectivity index (χ4v) is 3.68. The van der Waals surface area contributed by atoms with E-state index >= 15 is 0 Å². The van der Waals surface area contributed by atoms with Crippen LogP contribution in [0.2, 0.25) is 0 Å². The van der Waals surface area contributed by atoms with Crippen LogP contribution in [-0.4, -0.2) is 20.4 Å².